The van der Waals surface area contributed by atoms with Crippen LogP contribution in [0.25, 0.3) is 0 Å². The molecule has 0 aliphatic heterocycles. The molecule has 1 aliphatic rings. The molecule has 0 heterocycles. The van der Waals surface area contributed by atoms with E-state index in [0.717, 1.165) is 16.4 Å². The van der Waals surface area contributed by atoms with Gasteiger partial charge in [0.05, 0.1) is 0 Å². The zero-order valence-corrected chi connectivity index (χ0v) is 14.0. The molecule has 1 aromatic carbocycles. The maximum Gasteiger partial charge on any atom is 0.329 e. The highest BCUT2D eigenvalue weighted by molar-refractivity contribution is 14.1. The lowest BCUT2D eigenvalue weighted by Crippen LogP contribution is -2.57. The highest BCUT2D eigenvalue weighted by Crippen LogP contribution is 2.32. The smallest absolute Gasteiger partial charge is 0.329 e. The van der Waals surface area contributed by atoms with E-state index in [1.807, 2.05) is 19.1 Å². The summed E-state index contributed by atoms with van der Waals surface area (Å²) in [5.74, 6) is -0.653. The van der Waals surface area contributed by atoms with Gasteiger partial charge in [0, 0.05) is 9.26 Å². The van der Waals surface area contributed by atoms with Crippen LogP contribution in [-0.4, -0.2) is 22.6 Å². The Kier molecular flexibility index (Phi) is 5.08. The average molecular weight is 402 g/mol. The summed E-state index contributed by atoms with van der Waals surface area (Å²) in [4.78, 5) is 23.7. The summed E-state index contributed by atoms with van der Waals surface area (Å²) >= 11 is 2.18. The third-order valence-corrected chi connectivity index (χ3v) is 4.58. The van der Waals surface area contributed by atoms with Crippen molar-refractivity contribution >= 4 is 40.3 Å². The molecule has 2 rings (SSSR count). The maximum atomic E-state index is 12.1. The summed E-state index contributed by atoms with van der Waals surface area (Å²) in [7, 11) is 0. The van der Waals surface area contributed by atoms with Crippen LogP contribution in [0.15, 0.2) is 24.3 Å². The molecule has 0 saturated heterocycles. The third kappa shape index (κ3) is 4.09. The first-order valence-electron chi connectivity index (χ1n) is 6.99. The van der Waals surface area contributed by atoms with Crippen LogP contribution in [0.5, 0.6) is 0 Å². The molecule has 2 unspecified atom stereocenters. The van der Waals surface area contributed by atoms with Crippen molar-refractivity contribution in [3.63, 3.8) is 0 Å². The topological polar surface area (TPSA) is 78.4 Å². The van der Waals surface area contributed by atoms with Crippen molar-refractivity contribution in [3.05, 3.63) is 27.8 Å². The Labute approximate surface area is 137 Å². The standard InChI is InChI=1S/C15H19IN2O3/c1-10-3-2-8-15(9-10,13(19)20)18-14(21)17-12-6-4-11(16)5-7-12/h4-7,10H,2-3,8-9H2,1H3,(H,19,20)(H2,17,18,21). The van der Waals surface area contributed by atoms with Crippen LogP contribution in [0.4, 0.5) is 10.5 Å². The first-order valence-corrected chi connectivity index (χ1v) is 8.07. The molecule has 1 aromatic rings. The fourth-order valence-corrected chi connectivity index (χ4v) is 3.18. The quantitative estimate of drug-likeness (QED) is 0.678. The van der Waals surface area contributed by atoms with Crippen LogP contribution in [0, 0.1) is 9.49 Å². The molecular weight excluding hydrogens is 383 g/mol. The summed E-state index contributed by atoms with van der Waals surface area (Å²) in [6, 6.07) is 6.88. The number of benzene rings is 1. The van der Waals surface area contributed by atoms with Gasteiger partial charge in [0.15, 0.2) is 0 Å². The number of carbonyl (C=O) groups excluding carboxylic acids is 1. The van der Waals surface area contributed by atoms with Gasteiger partial charge in [0.1, 0.15) is 5.54 Å². The SMILES string of the molecule is CC1CCCC(NC(=O)Nc2ccc(I)cc2)(C(=O)O)C1. The van der Waals surface area contributed by atoms with Gasteiger partial charge in [-0.25, -0.2) is 9.59 Å². The molecule has 21 heavy (non-hydrogen) atoms. The van der Waals surface area contributed by atoms with E-state index >= 15 is 0 Å². The maximum absolute atomic E-state index is 12.1. The van der Waals surface area contributed by atoms with E-state index in [9.17, 15) is 14.7 Å². The number of carboxylic acid groups (broad SMARTS) is 1. The Balaban J connectivity index is 2.05. The van der Waals surface area contributed by atoms with Gasteiger partial charge >= 0.3 is 12.0 Å². The van der Waals surface area contributed by atoms with Crippen molar-refractivity contribution in [1.29, 1.82) is 0 Å². The second kappa shape index (κ2) is 6.64. The van der Waals surface area contributed by atoms with Crippen LogP contribution >= 0.6 is 22.6 Å². The van der Waals surface area contributed by atoms with Gasteiger partial charge in [0.25, 0.3) is 0 Å². The van der Waals surface area contributed by atoms with E-state index in [1.165, 1.54) is 0 Å². The van der Waals surface area contributed by atoms with Gasteiger partial charge in [-0.05, 0) is 65.6 Å². The number of anilines is 1. The lowest BCUT2D eigenvalue weighted by atomic mass is 9.76. The lowest BCUT2D eigenvalue weighted by Gasteiger charge is -2.36. The molecule has 3 N–H and O–H groups in total. The average Bonchev–Trinajstić information content (AvgIpc) is 2.41. The Bertz CT molecular complexity index is 532. The van der Waals surface area contributed by atoms with Crippen molar-refractivity contribution in [3.8, 4) is 0 Å². The molecule has 2 atom stereocenters. The van der Waals surface area contributed by atoms with Crippen molar-refractivity contribution in [2.45, 2.75) is 38.1 Å². The van der Waals surface area contributed by atoms with E-state index in [-0.39, 0.29) is 0 Å². The monoisotopic (exact) mass is 402 g/mol. The molecule has 1 saturated carbocycles. The molecular formula is C15H19IN2O3. The van der Waals surface area contributed by atoms with E-state index in [0.29, 0.717) is 24.4 Å². The summed E-state index contributed by atoms with van der Waals surface area (Å²) in [5.41, 5.74) is -0.498. The Hall–Kier alpha value is -1.31. The second-order valence-electron chi connectivity index (χ2n) is 5.67. The van der Waals surface area contributed by atoms with Crippen LogP contribution in [0.1, 0.15) is 32.6 Å². The molecule has 0 aromatic heterocycles. The number of hydrogen-bond acceptors (Lipinski definition) is 2. The number of carbonyl (C=O) groups is 2. The number of carboxylic acids is 1. The van der Waals surface area contributed by atoms with Crippen LogP contribution in [0.3, 0.4) is 0 Å². The summed E-state index contributed by atoms with van der Waals surface area (Å²) in [6.07, 6.45) is 2.78. The van der Waals surface area contributed by atoms with Crippen LogP contribution < -0.4 is 10.6 Å². The van der Waals surface area contributed by atoms with E-state index < -0.39 is 17.5 Å². The highest BCUT2D eigenvalue weighted by atomic mass is 127. The number of rotatable bonds is 3. The fourth-order valence-electron chi connectivity index (χ4n) is 2.83. The largest absolute Gasteiger partial charge is 0.480 e. The van der Waals surface area contributed by atoms with Crippen molar-refractivity contribution in [2.24, 2.45) is 5.92 Å². The Morgan fingerprint density at radius 3 is 2.57 bits per heavy atom. The molecule has 0 bridgehead atoms. The minimum atomic E-state index is -1.15. The first kappa shape index (κ1) is 16.1. The highest BCUT2D eigenvalue weighted by Gasteiger charge is 2.43. The molecule has 2 amide bonds. The van der Waals surface area contributed by atoms with Gasteiger partial charge in [0.2, 0.25) is 0 Å². The van der Waals surface area contributed by atoms with Gasteiger partial charge < -0.3 is 15.7 Å². The predicted octanol–water partition coefficient (Wildman–Crippen LogP) is 3.45. The molecule has 1 aliphatic carbocycles. The van der Waals surface area contributed by atoms with E-state index in [1.54, 1.807) is 12.1 Å². The number of urea groups is 1. The lowest BCUT2D eigenvalue weighted by molar-refractivity contribution is -0.146. The van der Waals surface area contributed by atoms with Crippen molar-refractivity contribution in [2.75, 3.05) is 5.32 Å². The van der Waals surface area contributed by atoms with Gasteiger partial charge in [-0.15, -0.1) is 0 Å². The number of hydrogen-bond donors (Lipinski definition) is 3. The molecule has 1 fully saturated rings. The number of aliphatic carboxylic acids is 1. The summed E-state index contributed by atoms with van der Waals surface area (Å²) in [5, 5.41) is 14.9. The molecule has 0 spiro atoms. The van der Waals surface area contributed by atoms with Gasteiger partial charge in [-0.1, -0.05) is 19.8 Å². The zero-order chi connectivity index (χ0) is 15.5. The van der Waals surface area contributed by atoms with Crippen molar-refractivity contribution in [1.82, 2.24) is 5.32 Å². The summed E-state index contributed by atoms with van der Waals surface area (Å²) < 4.78 is 1.07. The summed E-state index contributed by atoms with van der Waals surface area (Å²) in [6.45, 7) is 2.02. The Morgan fingerprint density at radius 2 is 2.00 bits per heavy atom. The predicted molar refractivity (Wildman–Crippen MR) is 89.3 cm³/mol. The number of amides is 2. The first-order chi connectivity index (χ1) is 9.91. The molecule has 0 radical (unpaired) electrons. The minimum absolute atomic E-state index is 0.299. The third-order valence-electron chi connectivity index (χ3n) is 3.86. The molecule has 114 valence electrons. The fraction of sp³-hybridized carbons (Fsp3) is 0.467. The van der Waals surface area contributed by atoms with Crippen LogP contribution in [0.2, 0.25) is 0 Å². The molecule has 6 heteroatoms. The number of halogens is 1. The second-order valence-corrected chi connectivity index (χ2v) is 6.92. The zero-order valence-electron chi connectivity index (χ0n) is 11.9. The van der Waals surface area contributed by atoms with E-state index in [4.69, 9.17) is 0 Å². The normalized spacial score (nSPS) is 25.1. The minimum Gasteiger partial charge on any atom is -0.480 e. The van der Waals surface area contributed by atoms with Gasteiger partial charge in [-0.2, -0.15) is 0 Å². The molecule has 5 nitrogen and oxygen atoms in total. The van der Waals surface area contributed by atoms with Gasteiger partial charge in [-0.3, -0.25) is 0 Å². The van der Waals surface area contributed by atoms with E-state index in [2.05, 4.69) is 33.2 Å². The van der Waals surface area contributed by atoms with Crippen molar-refractivity contribution < 1.29 is 14.7 Å². The number of nitrogens with one attached hydrogen (secondary N) is 2. The van der Waals surface area contributed by atoms with Crippen LogP contribution in [-0.2, 0) is 4.79 Å². The Morgan fingerprint density at radius 1 is 1.33 bits per heavy atom.